The predicted molar refractivity (Wildman–Crippen MR) is 49.8 cm³/mol. The number of carbonyl (C=O) groups is 1. The third kappa shape index (κ3) is 2.85. The molecule has 14 heavy (non-hydrogen) atoms. The molecule has 1 aliphatic rings. The lowest BCUT2D eigenvalue weighted by Gasteiger charge is -2.15. The van der Waals surface area contributed by atoms with Gasteiger partial charge in [0.15, 0.2) is 0 Å². The van der Waals surface area contributed by atoms with E-state index in [2.05, 4.69) is 5.32 Å². The first kappa shape index (κ1) is 11.3. The van der Waals surface area contributed by atoms with Gasteiger partial charge in [0.2, 0.25) is 0 Å². The molecule has 0 aliphatic carbocycles. The molecule has 0 radical (unpaired) electrons. The van der Waals surface area contributed by atoms with E-state index in [-0.39, 0.29) is 18.8 Å². The van der Waals surface area contributed by atoms with Crippen LogP contribution in [0.3, 0.4) is 0 Å². The first-order valence-corrected chi connectivity index (χ1v) is 4.93. The van der Waals surface area contributed by atoms with E-state index < -0.39 is 12.2 Å². The lowest BCUT2D eigenvalue weighted by atomic mass is 10.0. The number of aliphatic hydroxyl groups is 2. The lowest BCUT2D eigenvalue weighted by Crippen LogP contribution is -2.34. The number of amides is 1. The lowest BCUT2D eigenvalue weighted by molar-refractivity contribution is 0.0771. The van der Waals surface area contributed by atoms with Gasteiger partial charge in [0.25, 0.3) is 0 Å². The molecule has 1 unspecified atom stereocenters. The second-order valence-electron chi connectivity index (χ2n) is 3.52. The van der Waals surface area contributed by atoms with Gasteiger partial charge >= 0.3 is 6.09 Å². The van der Waals surface area contributed by atoms with Crippen molar-refractivity contribution in [1.82, 2.24) is 5.32 Å². The summed E-state index contributed by atoms with van der Waals surface area (Å²) in [7, 11) is 0. The topological polar surface area (TPSA) is 78.8 Å². The first-order valence-electron chi connectivity index (χ1n) is 4.93. The molecule has 0 aromatic carbocycles. The minimum absolute atomic E-state index is 0.173. The molecule has 5 heteroatoms. The molecule has 0 aromatic heterocycles. The minimum atomic E-state index is -0.486. The van der Waals surface area contributed by atoms with Crippen LogP contribution in [-0.4, -0.2) is 41.2 Å². The molecule has 1 fully saturated rings. The van der Waals surface area contributed by atoms with E-state index in [1.807, 2.05) is 6.92 Å². The number of carbonyl (C=O) groups excluding carboxylic acids is 1. The highest BCUT2D eigenvalue weighted by atomic mass is 16.6. The number of nitrogens with one attached hydrogen (secondary N) is 1. The SMILES string of the molecule is CCC(O)CC[C@H]1NC(=O)O[C@@H]1CO. The van der Waals surface area contributed by atoms with Crippen LogP contribution in [-0.2, 0) is 4.74 Å². The van der Waals surface area contributed by atoms with Crippen LogP contribution in [0.25, 0.3) is 0 Å². The van der Waals surface area contributed by atoms with Crippen LogP contribution in [0.1, 0.15) is 26.2 Å². The van der Waals surface area contributed by atoms with E-state index in [1.54, 1.807) is 0 Å². The van der Waals surface area contributed by atoms with Gasteiger partial charge in [0.1, 0.15) is 6.10 Å². The molecular weight excluding hydrogens is 186 g/mol. The van der Waals surface area contributed by atoms with Gasteiger partial charge < -0.3 is 20.3 Å². The number of aliphatic hydroxyl groups excluding tert-OH is 2. The van der Waals surface area contributed by atoms with E-state index in [0.29, 0.717) is 19.3 Å². The fraction of sp³-hybridized carbons (Fsp3) is 0.889. The van der Waals surface area contributed by atoms with Crippen LogP contribution in [0.2, 0.25) is 0 Å². The molecular formula is C9H17NO4. The predicted octanol–water partition coefficient (Wildman–Crippen LogP) is 0.00680. The zero-order chi connectivity index (χ0) is 10.6. The third-order valence-corrected chi connectivity index (χ3v) is 2.47. The van der Waals surface area contributed by atoms with Crippen LogP contribution in [0.15, 0.2) is 0 Å². The molecule has 5 nitrogen and oxygen atoms in total. The molecule has 3 N–H and O–H groups in total. The average Bonchev–Trinajstić information content (AvgIpc) is 2.55. The first-order chi connectivity index (χ1) is 6.67. The highest BCUT2D eigenvalue weighted by Crippen LogP contribution is 2.15. The van der Waals surface area contributed by atoms with Crippen LogP contribution < -0.4 is 5.32 Å². The normalized spacial score (nSPS) is 28.4. The van der Waals surface area contributed by atoms with Crippen molar-refractivity contribution in [3.8, 4) is 0 Å². The maximum Gasteiger partial charge on any atom is 0.407 e. The summed E-state index contributed by atoms with van der Waals surface area (Å²) in [4.78, 5) is 10.8. The number of cyclic esters (lactones) is 1. The summed E-state index contributed by atoms with van der Waals surface area (Å²) in [5, 5.41) is 20.8. The van der Waals surface area contributed by atoms with Gasteiger partial charge in [0, 0.05) is 0 Å². The van der Waals surface area contributed by atoms with Gasteiger partial charge in [-0.15, -0.1) is 0 Å². The Kier molecular flexibility index (Phi) is 4.16. The van der Waals surface area contributed by atoms with E-state index in [9.17, 15) is 9.90 Å². The molecule has 0 bridgehead atoms. The number of rotatable bonds is 5. The summed E-state index contributed by atoms with van der Waals surface area (Å²) in [5.41, 5.74) is 0. The Morgan fingerprint density at radius 2 is 2.36 bits per heavy atom. The van der Waals surface area contributed by atoms with Crippen LogP contribution in [0, 0.1) is 0 Å². The summed E-state index contributed by atoms with van der Waals surface area (Å²) < 4.78 is 4.81. The van der Waals surface area contributed by atoms with E-state index in [1.165, 1.54) is 0 Å². The van der Waals surface area contributed by atoms with Crippen molar-refractivity contribution >= 4 is 6.09 Å². The zero-order valence-corrected chi connectivity index (χ0v) is 8.27. The second kappa shape index (κ2) is 5.17. The minimum Gasteiger partial charge on any atom is -0.442 e. The molecule has 82 valence electrons. The Balaban J connectivity index is 2.32. The van der Waals surface area contributed by atoms with Crippen LogP contribution in [0.4, 0.5) is 4.79 Å². The van der Waals surface area contributed by atoms with Crippen molar-refractivity contribution in [1.29, 1.82) is 0 Å². The fourth-order valence-corrected chi connectivity index (χ4v) is 1.50. The second-order valence-corrected chi connectivity index (χ2v) is 3.52. The van der Waals surface area contributed by atoms with Crippen molar-refractivity contribution in [2.24, 2.45) is 0 Å². The molecule has 1 aliphatic heterocycles. The average molecular weight is 203 g/mol. The van der Waals surface area contributed by atoms with Crippen molar-refractivity contribution < 1.29 is 19.7 Å². The molecule has 1 saturated heterocycles. The highest BCUT2D eigenvalue weighted by Gasteiger charge is 2.33. The van der Waals surface area contributed by atoms with Crippen molar-refractivity contribution in [3.05, 3.63) is 0 Å². The third-order valence-electron chi connectivity index (χ3n) is 2.47. The number of ether oxygens (including phenoxy) is 1. The molecule has 0 spiro atoms. The smallest absolute Gasteiger partial charge is 0.407 e. The monoisotopic (exact) mass is 203 g/mol. The van der Waals surface area contributed by atoms with Gasteiger partial charge in [-0.1, -0.05) is 6.92 Å². The van der Waals surface area contributed by atoms with Gasteiger partial charge in [0.05, 0.1) is 18.8 Å². The summed E-state index contributed by atoms with van der Waals surface area (Å²) in [6.45, 7) is 1.73. The number of hydrogen-bond acceptors (Lipinski definition) is 4. The maximum absolute atomic E-state index is 10.8. The highest BCUT2D eigenvalue weighted by molar-refractivity contribution is 5.70. The molecule has 0 saturated carbocycles. The molecule has 0 aromatic rings. The van der Waals surface area contributed by atoms with E-state index in [4.69, 9.17) is 9.84 Å². The fourth-order valence-electron chi connectivity index (χ4n) is 1.50. The van der Waals surface area contributed by atoms with Crippen molar-refractivity contribution in [3.63, 3.8) is 0 Å². The number of hydrogen-bond donors (Lipinski definition) is 3. The van der Waals surface area contributed by atoms with Gasteiger partial charge in [-0.3, -0.25) is 0 Å². The Morgan fingerprint density at radius 1 is 1.64 bits per heavy atom. The van der Waals surface area contributed by atoms with E-state index in [0.717, 1.165) is 0 Å². The quantitative estimate of drug-likeness (QED) is 0.588. The van der Waals surface area contributed by atoms with Crippen LogP contribution in [0.5, 0.6) is 0 Å². The summed E-state index contributed by atoms with van der Waals surface area (Å²) in [6.07, 6.45) is 0.650. The standard InChI is InChI=1S/C9H17NO4/c1-2-6(12)3-4-7-8(5-11)14-9(13)10-7/h6-8,11-12H,2-5H2,1H3,(H,10,13)/t6?,7-,8-/m1/s1. The summed E-state index contributed by atoms with van der Waals surface area (Å²) >= 11 is 0. The summed E-state index contributed by atoms with van der Waals surface area (Å²) in [5.74, 6) is 0. The van der Waals surface area contributed by atoms with Crippen molar-refractivity contribution in [2.45, 2.75) is 44.4 Å². The van der Waals surface area contributed by atoms with E-state index >= 15 is 0 Å². The largest absolute Gasteiger partial charge is 0.442 e. The summed E-state index contributed by atoms with van der Waals surface area (Å²) in [6, 6.07) is -0.173. The van der Waals surface area contributed by atoms with Gasteiger partial charge in [-0.05, 0) is 19.3 Å². The molecule has 1 rings (SSSR count). The molecule has 1 amide bonds. The Bertz CT molecular complexity index is 197. The Labute approximate surface area is 83.1 Å². The van der Waals surface area contributed by atoms with Gasteiger partial charge in [-0.25, -0.2) is 4.79 Å². The Hall–Kier alpha value is -0.810. The maximum atomic E-state index is 10.8. The Morgan fingerprint density at radius 3 is 2.93 bits per heavy atom. The van der Waals surface area contributed by atoms with Crippen LogP contribution >= 0.6 is 0 Å². The molecule has 1 heterocycles. The van der Waals surface area contributed by atoms with Gasteiger partial charge in [-0.2, -0.15) is 0 Å². The number of alkyl carbamates (subject to hydrolysis) is 1. The molecule has 3 atom stereocenters. The zero-order valence-electron chi connectivity index (χ0n) is 8.27. The van der Waals surface area contributed by atoms with Crippen molar-refractivity contribution in [2.75, 3.05) is 6.61 Å².